The van der Waals surface area contributed by atoms with Gasteiger partial charge >= 0.3 is 14.4 Å². The molecule has 1 aliphatic rings. The van der Waals surface area contributed by atoms with Crippen LogP contribution in [0, 0.1) is 0 Å². The van der Waals surface area contributed by atoms with Gasteiger partial charge in [-0.05, 0) is 34.9 Å². The lowest BCUT2D eigenvalue weighted by atomic mass is 10.1. The minimum atomic E-state index is -4.84. The molecule has 0 bridgehead atoms. The van der Waals surface area contributed by atoms with Gasteiger partial charge in [-0.1, -0.05) is 33.9 Å². The van der Waals surface area contributed by atoms with E-state index >= 15 is 0 Å². The van der Waals surface area contributed by atoms with Crippen LogP contribution in [0.25, 0.3) is 0 Å². The average Bonchev–Trinajstić information content (AvgIpc) is 2.67. The number of sulfonamides is 1. The molecule has 2 N–H and O–H groups in total. The Morgan fingerprint density at radius 3 is 2.55 bits per heavy atom. The summed E-state index contributed by atoms with van der Waals surface area (Å²) in [5.41, 5.74) is -1.02. The minimum absolute atomic E-state index is 0.00122. The SMILES string of the molecule is O=[P+](O)N1CCOC(c2ccc(Cl)cc2NS(=O)(=O)c2ccc(Cl)c(C(F)(F)F)c2)C1. The van der Waals surface area contributed by atoms with Crippen molar-refractivity contribution in [2.45, 2.75) is 17.2 Å². The van der Waals surface area contributed by atoms with Crippen LogP contribution < -0.4 is 4.72 Å². The molecule has 2 atom stereocenters. The summed E-state index contributed by atoms with van der Waals surface area (Å²) < 4.78 is 85.5. The number of benzene rings is 2. The normalized spacial score (nSPS) is 18.6. The van der Waals surface area contributed by atoms with Gasteiger partial charge in [0.05, 0.1) is 40.9 Å². The van der Waals surface area contributed by atoms with Crippen molar-refractivity contribution in [2.24, 2.45) is 0 Å². The first kappa shape index (κ1) is 24.2. The number of hydrogen-bond acceptors (Lipinski definition) is 4. The first-order chi connectivity index (χ1) is 14.4. The van der Waals surface area contributed by atoms with Gasteiger partial charge in [-0.3, -0.25) is 4.72 Å². The van der Waals surface area contributed by atoms with Crippen molar-refractivity contribution in [3.63, 3.8) is 0 Å². The molecule has 1 heterocycles. The third-order valence-electron chi connectivity index (χ3n) is 4.45. The molecule has 1 saturated heterocycles. The molecule has 1 fully saturated rings. The van der Waals surface area contributed by atoms with Crippen LogP contribution in [0.4, 0.5) is 18.9 Å². The Labute approximate surface area is 186 Å². The van der Waals surface area contributed by atoms with Gasteiger partial charge in [0.1, 0.15) is 6.10 Å². The molecule has 0 radical (unpaired) electrons. The number of anilines is 1. The number of alkyl halides is 3. The summed E-state index contributed by atoms with van der Waals surface area (Å²) >= 11 is 11.5. The van der Waals surface area contributed by atoms with Gasteiger partial charge in [-0.2, -0.15) is 13.2 Å². The second-order valence-corrected chi connectivity index (χ2v) is 10.1. The van der Waals surface area contributed by atoms with E-state index in [1.165, 1.54) is 22.9 Å². The Balaban J connectivity index is 1.97. The lowest BCUT2D eigenvalue weighted by molar-refractivity contribution is -0.137. The Morgan fingerprint density at radius 2 is 1.90 bits per heavy atom. The summed E-state index contributed by atoms with van der Waals surface area (Å²) in [5.74, 6) is 0. The van der Waals surface area contributed by atoms with E-state index in [2.05, 4.69) is 4.72 Å². The molecule has 7 nitrogen and oxygen atoms in total. The fraction of sp³-hybridized carbons (Fsp3) is 0.294. The summed E-state index contributed by atoms with van der Waals surface area (Å²) in [6.07, 6.45) is -5.62. The molecule has 0 saturated carbocycles. The van der Waals surface area contributed by atoms with E-state index in [0.29, 0.717) is 11.6 Å². The van der Waals surface area contributed by atoms with Crippen LogP contribution in [-0.4, -0.2) is 37.7 Å². The predicted molar refractivity (Wildman–Crippen MR) is 109 cm³/mol. The zero-order valence-corrected chi connectivity index (χ0v) is 18.7. The number of halogens is 5. The molecule has 14 heteroatoms. The van der Waals surface area contributed by atoms with Gasteiger partial charge in [0.15, 0.2) is 0 Å². The summed E-state index contributed by atoms with van der Waals surface area (Å²) in [7, 11) is -7.08. The first-order valence-corrected chi connectivity index (χ1v) is 12.0. The standard InChI is InChI=1S/C17H14Cl2F3N2O5PS/c18-10-1-3-12(16-9-24(30(25)26)5-6-29-16)15(7-10)23-31(27,28)11-2-4-14(19)13(8-11)17(20,21)22/h1-4,7-8,16,23H,5-6,9H2/p+1. The second-order valence-electron chi connectivity index (χ2n) is 6.50. The van der Waals surface area contributed by atoms with Crippen LogP contribution >= 0.6 is 31.4 Å². The summed E-state index contributed by atoms with van der Waals surface area (Å²) in [6.45, 7) is 0.330. The van der Waals surface area contributed by atoms with Crippen LogP contribution in [0.1, 0.15) is 17.2 Å². The lowest BCUT2D eigenvalue weighted by Gasteiger charge is -2.27. The molecule has 2 unspecified atom stereocenters. The van der Waals surface area contributed by atoms with E-state index in [4.69, 9.17) is 27.9 Å². The Kier molecular flexibility index (Phi) is 7.17. The molecule has 31 heavy (non-hydrogen) atoms. The second kappa shape index (κ2) is 9.19. The summed E-state index contributed by atoms with van der Waals surface area (Å²) in [5, 5.41) is -0.474. The number of morpholine rings is 1. The molecule has 1 aliphatic heterocycles. The highest BCUT2D eigenvalue weighted by Crippen LogP contribution is 2.38. The van der Waals surface area contributed by atoms with Crippen molar-refractivity contribution in [2.75, 3.05) is 24.4 Å². The molecule has 0 aromatic heterocycles. The maximum atomic E-state index is 13.1. The lowest BCUT2D eigenvalue weighted by Crippen LogP contribution is -2.34. The largest absolute Gasteiger partial charge is 0.613 e. The van der Waals surface area contributed by atoms with Crippen LogP contribution in [-0.2, 0) is 25.5 Å². The highest BCUT2D eigenvalue weighted by atomic mass is 35.5. The number of rotatable bonds is 5. The third-order valence-corrected chi connectivity index (χ3v) is 7.22. The molecule has 3 rings (SSSR count). The summed E-state index contributed by atoms with van der Waals surface area (Å²) in [6, 6.07) is 6.44. The van der Waals surface area contributed by atoms with Gasteiger partial charge in [0.2, 0.25) is 0 Å². The molecule has 168 valence electrons. The van der Waals surface area contributed by atoms with Gasteiger partial charge in [0, 0.05) is 10.6 Å². The van der Waals surface area contributed by atoms with E-state index in [1.54, 1.807) is 0 Å². The highest BCUT2D eigenvalue weighted by Gasteiger charge is 2.36. The fourth-order valence-corrected chi connectivity index (χ4v) is 5.01. The molecule has 0 spiro atoms. The molecule has 0 amide bonds. The van der Waals surface area contributed by atoms with Gasteiger partial charge in [-0.15, -0.1) is 4.89 Å². The van der Waals surface area contributed by atoms with Crippen molar-refractivity contribution in [3.8, 4) is 0 Å². The van der Waals surface area contributed by atoms with Crippen LogP contribution in [0.15, 0.2) is 41.3 Å². The van der Waals surface area contributed by atoms with Crippen LogP contribution in [0.3, 0.4) is 0 Å². The molecule has 0 aliphatic carbocycles. The van der Waals surface area contributed by atoms with Crippen molar-refractivity contribution >= 4 is 47.1 Å². The summed E-state index contributed by atoms with van der Waals surface area (Å²) in [4.78, 5) is 8.70. The quantitative estimate of drug-likeness (QED) is 0.551. The van der Waals surface area contributed by atoms with Crippen molar-refractivity contribution in [1.29, 1.82) is 0 Å². The predicted octanol–water partition coefficient (Wildman–Crippen LogP) is 4.84. The van der Waals surface area contributed by atoms with Crippen LogP contribution in [0.2, 0.25) is 10.0 Å². The van der Waals surface area contributed by atoms with E-state index < -0.39 is 46.0 Å². The van der Waals surface area contributed by atoms with Crippen LogP contribution in [0.5, 0.6) is 0 Å². The smallest absolute Gasteiger partial charge is 0.370 e. The fourth-order valence-electron chi connectivity index (χ4n) is 2.97. The number of nitrogens with one attached hydrogen (secondary N) is 1. The molecular formula is C17H15Cl2F3N2O5PS+. The topological polar surface area (TPSA) is 95.9 Å². The maximum absolute atomic E-state index is 13.1. The van der Waals surface area contributed by atoms with Gasteiger partial charge in [-0.25, -0.2) is 8.42 Å². The van der Waals surface area contributed by atoms with E-state index in [0.717, 1.165) is 12.1 Å². The van der Waals surface area contributed by atoms with E-state index in [9.17, 15) is 31.0 Å². The van der Waals surface area contributed by atoms with E-state index in [-0.39, 0.29) is 30.4 Å². The first-order valence-electron chi connectivity index (χ1n) is 8.60. The average molecular weight is 518 g/mol. The van der Waals surface area contributed by atoms with Gasteiger partial charge in [0.25, 0.3) is 10.0 Å². The van der Waals surface area contributed by atoms with Crippen molar-refractivity contribution < 1.29 is 35.8 Å². The number of ether oxygens (including phenoxy) is 1. The van der Waals surface area contributed by atoms with Gasteiger partial charge < -0.3 is 4.74 Å². The Bertz CT molecular complexity index is 1120. The van der Waals surface area contributed by atoms with Crippen molar-refractivity contribution in [1.82, 2.24) is 4.67 Å². The highest BCUT2D eigenvalue weighted by molar-refractivity contribution is 7.92. The zero-order chi connectivity index (χ0) is 23.0. The monoisotopic (exact) mass is 517 g/mol. The minimum Gasteiger partial charge on any atom is -0.370 e. The molecular weight excluding hydrogens is 503 g/mol. The Hall–Kier alpha value is -1.46. The molecule has 2 aromatic carbocycles. The number of hydrogen-bond donors (Lipinski definition) is 2. The number of nitrogens with zero attached hydrogens (tertiary/aromatic N) is 1. The van der Waals surface area contributed by atoms with Crippen molar-refractivity contribution in [3.05, 3.63) is 57.6 Å². The molecule has 2 aromatic rings. The van der Waals surface area contributed by atoms with E-state index in [1.807, 2.05) is 0 Å². The third kappa shape index (κ3) is 5.67. The maximum Gasteiger partial charge on any atom is 0.613 e. The Morgan fingerprint density at radius 1 is 1.19 bits per heavy atom. The zero-order valence-electron chi connectivity index (χ0n) is 15.4.